The number of allylic oxidation sites excluding steroid dienone is 3. The molecular weight excluding hydrogens is 518 g/mol. The molecule has 2 aromatic carbocycles. The van der Waals surface area contributed by atoms with E-state index in [-0.39, 0.29) is 25.1 Å². The standard InChI is InChI=1S/C33H39N3O5/c1-5-8-15-24-27(35(6-2)7-3)18-16-25-29(23-13-10-9-11-14-23)22(4)28(41-30(24)25)19-17-26-31(38)34-33(40)36(32(26)39)20-12-21-37/h9-11,13-14,16-19,37H,5-8,12,15,20-21H2,1-4H3,(H,34,38,40). The number of barbiturate groups is 1. The molecule has 2 heterocycles. The minimum Gasteiger partial charge on any atom is -0.456 e. The minimum atomic E-state index is -0.784. The first-order valence-corrected chi connectivity index (χ1v) is 14.4. The van der Waals surface area contributed by atoms with Gasteiger partial charge in [-0.15, -0.1) is 0 Å². The van der Waals surface area contributed by atoms with Crippen LogP contribution in [0.5, 0.6) is 5.75 Å². The van der Waals surface area contributed by atoms with Crippen molar-refractivity contribution in [1.82, 2.24) is 10.2 Å². The fourth-order valence-electron chi connectivity index (χ4n) is 5.34. The second-order valence-electron chi connectivity index (χ2n) is 10.1. The Kier molecular flexibility index (Phi) is 9.78. The van der Waals surface area contributed by atoms with Gasteiger partial charge in [0.2, 0.25) is 0 Å². The number of amides is 4. The third-order valence-corrected chi connectivity index (χ3v) is 7.54. The Hall–Kier alpha value is -4.17. The van der Waals surface area contributed by atoms with Gasteiger partial charge in [0.05, 0.1) is 0 Å². The number of imide groups is 2. The summed E-state index contributed by atoms with van der Waals surface area (Å²) in [4.78, 5) is 41.2. The van der Waals surface area contributed by atoms with E-state index in [9.17, 15) is 14.4 Å². The number of anilines is 1. The normalized spacial score (nSPS) is 17.2. The van der Waals surface area contributed by atoms with Gasteiger partial charge in [0.1, 0.15) is 17.1 Å². The topological polar surface area (TPSA) is 99.2 Å². The predicted molar refractivity (Wildman–Crippen MR) is 161 cm³/mol. The maximum atomic E-state index is 13.1. The van der Waals surface area contributed by atoms with Crippen LogP contribution in [0.1, 0.15) is 63.6 Å². The van der Waals surface area contributed by atoms with E-state index in [1.54, 1.807) is 6.08 Å². The van der Waals surface area contributed by atoms with Crippen LogP contribution in [0.4, 0.5) is 10.5 Å². The lowest BCUT2D eigenvalue weighted by Gasteiger charge is -2.31. The van der Waals surface area contributed by atoms with Gasteiger partial charge in [0.25, 0.3) is 11.8 Å². The van der Waals surface area contributed by atoms with Crippen LogP contribution in [-0.2, 0) is 16.0 Å². The number of unbranched alkanes of at least 4 members (excludes halogenated alkanes) is 1. The first kappa shape index (κ1) is 29.8. The molecule has 0 aromatic heterocycles. The maximum absolute atomic E-state index is 13.1. The number of carbonyl (C=O) groups excluding carboxylic acids is 3. The van der Waals surface area contributed by atoms with Gasteiger partial charge >= 0.3 is 6.03 Å². The van der Waals surface area contributed by atoms with E-state index in [0.29, 0.717) is 5.76 Å². The molecule has 8 nitrogen and oxygen atoms in total. The molecule has 2 aliphatic rings. The summed E-state index contributed by atoms with van der Waals surface area (Å²) in [5.41, 5.74) is 6.06. The van der Waals surface area contributed by atoms with Crippen LogP contribution in [0.15, 0.2) is 71.5 Å². The quantitative estimate of drug-likeness (QED) is 0.285. The van der Waals surface area contributed by atoms with Crippen LogP contribution in [-0.4, -0.2) is 54.1 Å². The molecule has 1 saturated heterocycles. The molecule has 0 spiro atoms. The first-order chi connectivity index (χ1) is 19.9. The summed E-state index contributed by atoms with van der Waals surface area (Å²) in [5.74, 6) is -0.142. The minimum absolute atomic E-state index is 0.0121. The Morgan fingerprint density at radius 1 is 0.976 bits per heavy atom. The largest absolute Gasteiger partial charge is 0.456 e. The third-order valence-electron chi connectivity index (χ3n) is 7.54. The fraction of sp³-hybridized carbons (Fsp3) is 0.364. The molecule has 0 aliphatic carbocycles. The van der Waals surface area contributed by atoms with E-state index in [2.05, 4.69) is 55.3 Å². The van der Waals surface area contributed by atoms with Gasteiger partial charge in [-0.3, -0.25) is 19.8 Å². The van der Waals surface area contributed by atoms with E-state index in [4.69, 9.17) is 9.84 Å². The van der Waals surface area contributed by atoms with Gasteiger partial charge in [-0.05, 0) is 75.5 Å². The van der Waals surface area contributed by atoms with E-state index in [1.807, 2.05) is 25.1 Å². The number of hydrogen-bond acceptors (Lipinski definition) is 6. The molecule has 0 atom stereocenters. The van der Waals surface area contributed by atoms with Gasteiger partial charge in [-0.1, -0.05) is 43.7 Å². The zero-order valence-corrected chi connectivity index (χ0v) is 24.3. The smallest absolute Gasteiger partial charge is 0.331 e. The van der Waals surface area contributed by atoms with Crippen molar-refractivity contribution < 1.29 is 24.2 Å². The summed E-state index contributed by atoms with van der Waals surface area (Å²) >= 11 is 0. The summed E-state index contributed by atoms with van der Waals surface area (Å²) in [6.07, 6.45) is 6.18. The molecule has 1 fully saturated rings. The third kappa shape index (κ3) is 6.12. The van der Waals surface area contributed by atoms with Crippen molar-refractivity contribution in [2.45, 2.75) is 53.4 Å². The van der Waals surface area contributed by atoms with Crippen molar-refractivity contribution in [2.75, 3.05) is 31.1 Å². The summed E-state index contributed by atoms with van der Waals surface area (Å²) in [7, 11) is 0. The molecular formula is C33H39N3O5. The van der Waals surface area contributed by atoms with E-state index >= 15 is 0 Å². The van der Waals surface area contributed by atoms with E-state index in [1.165, 1.54) is 6.08 Å². The Morgan fingerprint density at radius 2 is 1.71 bits per heavy atom. The molecule has 4 amide bonds. The van der Waals surface area contributed by atoms with Crippen molar-refractivity contribution in [3.8, 4) is 5.75 Å². The SMILES string of the molecule is CCCCc1c(N(CC)CC)ccc2c1OC(=CC=C1C(=O)NC(=O)N(CCCO)C1=O)C(C)=C2c1ccccc1. The molecule has 0 saturated carbocycles. The highest BCUT2D eigenvalue weighted by molar-refractivity contribution is 6.28. The van der Waals surface area contributed by atoms with Gasteiger partial charge in [0, 0.05) is 48.6 Å². The number of aliphatic hydroxyl groups is 1. The Bertz CT molecular complexity index is 1400. The second-order valence-corrected chi connectivity index (χ2v) is 10.1. The molecule has 0 radical (unpaired) electrons. The van der Waals surface area contributed by atoms with Crippen molar-refractivity contribution in [2.24, 2.45) is 0 Å². The predicted octanol–water partition coefficient (Wildman–Crippen LogP) is 5.36. The average Bonchev–Trinajstić information content (AvgIpc) is 2.97. The number of carbonyl (C=O) groups is 3. The molecule has 0 bridgehead atoms. The van der Waals surface area contributed by atoms with Gasteiger partial charge in [-0.25, -0.2) is 4.79 Å². The zero-order valence-electron chi connectivity index (χ0n) is 24.3. The van der Waals surface area contributed by atoms with Crippen LogP contribution in [0, 0.1) is 0 Å². The summed E-state index contributed by atoms with van der Waals surface area (Å²) in [6.45, 7) is 10.0. The van der Waals surface area contributed by atoms with Crippen molar-refractivity contribution >= 4 is 29.1 Å². The van der Waals surface area contributed by atoms with Crippen LogP contribution in [0.25, 0.3) is 5.57 Å². The molecule has 2 N–H and O–H groups in total. The van der Waals surface area contributed by atoms with Crippen molar-refractivity contribution in [1.29, 1.82) is 0 Å². The fourth-order valence-corrected chi connectivity index (χ4v) is 5.34. The molecule has 216 valence electrons. The van der Waals surface area contributed by atoms with Crippen LogP contribution < -0.4 is 15.0 Å². The second kappa shape index (κ2) is 13.5. The Morgan fingerprint density at radius 3 is 2.37 bits per heavy atom. The lowest BCUT2D eigenvalue weighted by atomic mass is 9.87. The monoisotopic (exact) mass is 557 g/mol. The highest BCUT2D eigenvalue weighted by Crippen LogP contribution is 2.46. The average molecular weight is 558 g/mol. The van der Waals surface area contributed by atoms with Crippen molar-refractivity contribution in [3.63, 3.8) is 0 Å². The van der Waals surface area contributed by atoms with Crippen molar-refractivity contribution in [3.05, 3.63) is 88.2 Å². The number of nitrogens with one attached hydrogen (secondary N) is 1. The molecule has 2 aromatic rings. The molecule has 4 rings (SSSR count). The highest BCUT2D eigenvalue weighted by Gasteiger charge is 2.35. The van der Waals surface area contributed by atoms with Gasteiger partial charge < -0.3 is 14.7 Å². The van der Waals surface area contributed by atoms with Crippen LogP contribution in [0.2, 0.25) is 0 Å². The number of hydrogen-bond donors (Lipinski definition) is 2. The Balaban J connectivity index is 1.88. The number of rotatable bonds is 11. The van der Waals surface area contributed by atoms with E-state index in [0.717, 1.165) is 76.5 Å². The van der Waals surface area contributed by atoms with E-state index < -0.39 is 17.8 Å². The van der Waals surface area contributed by atoms with Gasteiger partial charge in [0.15, 0.2) is 0 Å². The maximum Gasteiger partial charge on any atom is 0.331 e. The first-order valence-electron chi connectivity index (χ1n) is 14.4. The molecule has 0 unspecified atom stereocenters. The van der Waals surface area contributed by atoms with Crippen LogP contribution >= 0.6 is 0 Å². The number of benzene rings is 2. The number of urea groups is 1. The number of fused-ring (bicyclic) bond motifs is 1. The summed E-state index contributed by atoms with van der Waals surface area (Å²) in [6, 6.07) is 13.6. The molecule has 41 heavy (non-hydrogen) atoms. The summed E-state index contributed by atoms with van der Waals surface area (Å²) in [5, 5.41) is 11.4. The van der Waals surface area contributed by atoms with Crippen LogP contribution in [0.3, 0.4) is 0 Å². The highest BCUT2D eigenvalue weighted by atomic mass is 16.5. The number of nitrogens with zero attached hydrogens (tertiary/aromatic N) is 2. The molecule has 2 aliphatic heterocycles. The number of aliphatic hydroxyl groups excluding tert-OH is 1. The molecule has 8 heteroatoms. The summed E-state index contributed by atoms with van der Waals surface area (Å²) < 4.78 is 6.65. The van der Waals surface area contributed by atoms with Gasteiger partial charge in [-0.2, -0.15) is 0 Å². The Labute approximate surface area is 242 Å². The zero-order chi connectivity index (χ0) is 29.5. The lowest BCUT2D eigenvalue weighted by Crippen LogP contribution is -2.54. The lowest BCUT2D eigenvalue weighted by molar-refractivity contribution is -0.130. The number of ether oxygens (including phenoxy) is 1.